The number of anilines is 2. The highest BCUT2D eigenvalue weighted by atomic mass is 35.5. The maximum Gasteiger partial charge on any atom is 0.262 e. The molecule has 0 radical (unpaired) electrons. The highest BCUT2D eigenvalue weighted by Crippen LogP contribution is 2.23. The lowest BCUT2D eigenvalue weighted by molar-refractivity contribution is 0.598. The fourth-order valence-electron chi connectivity index (χ4n) is 1.64. The molecular formula is C13H13ClFN3O2S. The molecule has 0 unspecified atom stereocenters. The average Bonchev–Trinajstić information content (AvgIpc) is 2.43. The van der Waals surface area contributed by atoms with Crippen LogP contribution in [-0.4, -0.2) is 19.9 Å². The number of nitrogens with one attached hydrogen (secondary N) is 2. The lowest BCUT2D eigenvalue weighted by atomic mass is 10.3. The molecule has 2 rings (SSSR count). The van der Waals surface area contributed by atoms with Crippen LogP contribution in [0.25, 0.3) is 0 Å². The molecule has 0 bridgehead atoms. The van der Waals surface area contributed by atoms with Crippen molar-refractivity contribution in [2.45, 2.75) is 11.8 Å². The average molecular weight is 330 g/mol. The zero-order valence-corrected chi connectivity index (χ0v) is 12.7. The van der Waals surface area contributed by atoms with Gasteiger partial charge in [-0.1, -0.05) is 11.6 Å². The largest absolute Gasteiger partial charge is 0.370 e. The first kappa shape index (κ1) is 15.5. The topological polar surface area (TPSA) is 71.1 Å². The summed E-state index contributed by atoms with van der Waals surface area (Å²) in [6, 6.07) is 6.34. The van der Waals surface area contributed by atoms with Gasteiger partial charge in [-0.2, -0.15) is 0 Å². The molecule has 2 N–H and O–H groups in total. The van der Waals surface area contributed by atoms with Crippen molar-refractivity contribution in [3.8, 4) is 0 Å². The van der Waals surface area contributed by atoms with Crippen LogP contribution in [0.1, 0.15) is 6.92 Å². The van der Waals surface area contributed by atoms with Gasteiger partial charge in [0, 0.05) is 23.8 Å². The molecule has 0 aliphatic heterocycles. The van der Waals surface area contributed by atoms with E-state index in [1.807, 2.05) is 6.92 Å². The first-order valence-corrected chi connectivity index (χ1v) is 7.96. The van der Waals surface area contributed by atoms with Crippen LogP contribution in [0.2, 0.25) is 5.02 Å². The van der Waals surface area contributed by atoms with Gasteiger partial charge in [0.25, 0.3) is 10.0 Å². The third-order valence-corrected chi connectivity index (χ3v) is 4.17. The van der Waals surface area contributed by atoms with E-state index in [9.17, 15) is 12.8 Å². The summed E-state index contributed by atoms with van der Waals surface area (Å²) in [7, 11) is -3.92. The van der Waals surface area contributed by atoms with E-state index in [1.54, 1.807) is 0 Å². The molecule has 2 aromatic rings. The Balaban J connectivity index is 2.34. The van der Waals surface area contributed by atoms with E-state index in [2.05, 4.69) is 15.0 Å². The van der Waals surface area contributed by atoms with Crippen molar-refractivity contribution in [2.75, 3.05) is 16.6 Å². The third kappa shape index (κ3) is 3.83. The SMILES string of the molecule is CCNc1cc(S(=O)(=O)Nc2cc(Cl)ccc2F)ccn1. The quantitative estimate of drug-likeness (QED) is 0.884. The second kappa shape index (κ2) is 6.28. The van der Waals surface area contributed by atoms with Gasteiger partial charge in [0.15, 0.2) is 0 Å². The zero-order chi connectivity index (χ0) is 15.5. The summed E-state index contributed by atoms with van der Waals surface area (Å²) in [5, 5.41) is 3.14. The minimum absolute atomic E-state index is 0.0205. The molecule has 1 heterocycles. The number of hydrogen-bond donors (Lipinski definition) is 2. The highest BCUT2D eigenvalue weighted by molar-refractivity contribution is 7.92. The van der Waals surface area contributed by atoms with Gasteiger partial charge in [0.2, 0.25) is 0 Å². The van der Waals surface area contributed by atoms with Gasteiger partial charge in [-0.15, -0.1) is 0 Å². The number of rotatable bonds is 5. The van der Waals surface area contributed by atoms with Gasteiger partial charge in [-0.25, -0.2) is 17.8 Å². The molecule has 112 valence electrons. The van der Waals surface area contributed by atoms with Gasteiger partial charge < -0.3 is 5.32 Å². The van der Waals surface area contributed by atoms with Crippen LogP contribution in [0.4, 0.5) is 15.9 Å². The third-order valence-electron chi connectivity index (χ3n) is 2.57. The Morgan fingerprint density at radius 3 is 2.76 bits per heavy atom. The number of nitrogens with zero attached hydrogens (tertiary/aromatic N) is 1. The Morgan fingerprint density at radius 2 is 2.05 bits per heavy atom. The number of benzene rings is 1. The Kier molecular flexibility index (Phi) is 4.64. The maximum atomic E-state index is 13.6. The molecule has 0 amide bonds. The van der Waals surface area contributed by atoms with Crippen molar-refractivity contribution >= 4 is 33.1 Å². The smallest absolute Gasteiger partial charge is 0.262 e. The summed E-state index contributed by atoms with van der Waals surface area (Å²) in [6.07, 6.45) is 1.36. The molecule has 0 aliphatic carbocycles. The Morgan fingerprint density at radius 1 is 1.29 bits per heavy atom. The zero-order valence-electron chi connectivity index (χ0n) is 11.1. The minimum atomic E-state index is -3.92. The molecule has 5 nitrogen and oxygen atoms in total. The predicted octanol–water partition coefficient (Wildman–Crippen LogP) is 3.11. The lowest BCUT2D eigenvalue weighted by Gasteiger charge is -2.10. The molecule has 0 atom stereocenters. The fourth-order valence-corrected chi connectivity index (χ4v) is 2.88. The first-order valence-electron chi connectivity index (χ1n) is 6.10. The molecule has 1 aromatic carbocycles. The van der Waals surface area contributed by atoms with Gasteiger partial charge in [-0.3, -0.25) is 4.72 Å². The van der Waals surface area contributed by atoms with Crippen LogP contribution in [0.15, 0.2) is 41.4 Å². The second-order valence-corrected chi connectivity index (χ2v) is 6.26. The first-order chi connectivity index (χ1) is 9.92. The van der Waals surface area contributed by atoms with E-state index < -0.39 is 15.8 Å². The standard InChI is InChI=1S/C13H13ClFN3O2S/c1-2-16-13-8-10(5-6-17-13)21(19,20)18-12-7-9(14)3-4-11(12)15/h3-8,18H,2H2,1H3,(H,16,17). The van der Waals surface area contributed by atoms with Crippen LogP contribution < -0.4 is 10.0 Å². The van der Waals surface area contributed by atoms with Crippen LogP contribution in [0.5, 0.6) is 0 Å². The number of pyridine rings is 1. The van der Waals surface area contributed by atoms with Crippen molar-refractivity contribution in [1.82, 2.24) is 4.98 Å². The Hall–Kier alpha value is -1.86. The molecule has 1 aromatic heterocycles. The number of hydrogen-bond acceptors (Lipinski definition) is 4. The van der Waals surface area contributed by atoms with E-state index in [1.165, 1.54) is 30.5 Å². The summed E-state index contributed by atoms with van der Waals surface area (Å²) in [4.78, 5) is 3.96. The summed E-state index contributed by atoms with van der Waals surface area (Å²) in [5.41, 5.74) is -0.204. The van der Waals surface area contributed by atoms with E-state index in [0.717, 1.165) is 6.07 Å². The Bertz CT molecular complexity index is 753. The van der Waals surface area contributed by atoms with Gasteiger partial charge in [0.05, 0.1) is 10.6 Å². The summed E-state index contributed by atoms with van der Waals surface area (Å²) >= 11 is 5.74. The number of halogens is 2. The summed E-state index contributed by atoms with van der Waals surface area (Å²) < 4.78 is 40.3. The molecule has 0 fully saturated rings. The Labute approximate surface area is 127 Å². The maximum absolute atomic E-state index is 13.6. The van der Waals surface area contributed by atoms with E-state index in [0.29, 0.717) is 12.4 Å². The summed E-state index contributed by atoms with van der Waals surface area (Å²) in [5.74, 6) is -0.282. The van der Waals surface area contributed by atoms with Crippen LogP contribution >= 0.6 is 11.6 Å². The van der Waals surface area contributed by atoms with Crippen molar-refractivity contribution in [1.29, 1.82) is 0 Å². The molecule has 0 aliphatic rings. The summed E-state index contributed by atoms with van der Waals surface area (Å²) in [6.45, 7) is 2.47. The van der Waals surface area contributed by atoms with E-state index in [4.69, 9.17) is 11.6 Å². The monoisotopic (exact) mass is 329 g/mol. The lowest BCUT2D eigenvalue weighted by Crippen LogP contribution is -2.14. The van der Waals surface area contributed by atoms with Crippen LogP contribution in [0, 0.1) is 5.82 Å². The van der Waals surface area contributed by atoms with Crippen molar-refractivity contribution in [3.63, 3.8) is 0 Å². The fraction of sp³-hybridized carbons (Fsp3) is 0.154. The normalized spacial score (nSPS) is 11.2. The molecule has 0 saturated heterocycles. The number of sulfonamides is 1. The number of aromatic nitrogens is 1. The predicted molar refractivity (Wildman–Crippen MR) is 80.6 cm³/mol. The van der Waals surface area contributed by atoms with Crippen molar-refractivity contribution < 1.29 is 12.8 Å². The van der Waals surface area contributed by atoms with Crippen LogP contribution in [0.3, 0.4) is 0 Å². The van der Waals surface area contributed by atoms with E-state index in [-0.39, 0.29) is 15.6 Å². The molecule has 0 saturated carbocycles. The van der Waals surface area contributed by atoms with Crippen molar-refractivity contribution in [3.05, 3.63) is 47.4 Å². The molecule has 8 heteroatoms. The second-order valence-electron chi connectivity index (χ2n) is 4.14. The van der Waals surface area contributed by atoms with Gasteiger partial charge in [0.1, 0.15) is 11.6 Å². The molecular weight excluding hydrogens is 317 g/mol. The van der Waals surface area contributed by atoms with Gasteiger partial charge >= 0.3 is 0 Å². The van der Waals surface area contributed by atoms with Gasteiger partial charge in [-0.05, 0) is 31.2 Å². The minimum Gasteiger partial charge on any atom is -0.370 e. The molecule has 0 spiro atoms. The molecule has 21 heavy (non-hydrogen) atoms. The van der Waals surface area contributed by atoms with E-state index >= 15 is 0 Å². The van der Waals surface area contributed by atoms with Crippen LogP contribution in [-0.2, 0) is 10.0 Å². The highest BCUT2D eigenvalue weighted by Gasteiger charge is 2.17. The van der Waals surface area contributed by atoms with Crippen molar-refractivity contribution in [2.24, 2.45) is 0 Å².